The van der Waals surface area contributed by atoms with Gasteiger partial charge in [0.05, 0.1) is 0 Å². The minimum atomic E-state index is -0.772. The van der Waals surface area contributed by atoms with Crippen molar-refractivity contribution in [2.24, 2.45) is 0 Å². The highest BCUT2D eigenvalue weighted by atomic mass is 16.6. The molecule has 0 amide bonds. The van der Waals surface area contributed by atoms with Crippen molar-refractivity contribution in [1.82, 2.24) is 0 Å². The maximum Gasteiger partial charge on any atom is 0.306 e. The van der Waals surface area contributed by atoms with E-state index in [0.29, 0.717) is 19.3 Å². The third-order valence-electron chi connectivity index (χ3n) is 15.2. The van der Waals surface area contributed by atoms with Gasteiger partial charge in [-0.1, -0.05) is 338 Å². The number of carbonyl (C=O) groups is 3. The van der Waals surface area contributed by atoms with E-state index in [2.05, 4.69) is 93.7 Å². The van der Waals surface area contributed by atoms with Crippen LogP contribution in [0.3, 0.4) is 0 Å². The number of esters is 3. The van der Waals surface area contributed by atoms with Crippen molar-refractivity contribution in [3.05, 3.63) is 72.9 Å². The third-order valence-corrected chi connectivity index (χ3v) is 15.2. The summed E-state index contributed by atoms with van der Waals surface area (Å²) in [6, 6.07) is 0. The first-order valence-electron chi connectivity index (χ1n) is 34.4. The Bertz CT molecular complexity index is 1450. The highest BCUT2D eigenvalue weighted by molar-refractivity contribution is 5.71. The molecule has 79 heavy (non-hydrogen) atoms. The van der Waals surface area contributed by atoms with Gasteiger partial charge < -0.3 is 14.2 Å². The predicted octanol–water partition coefficient (Wildman–Crippen LogP) is 23.7. The van der Waals surface area contributed by atoms with Crippen LogP contribution in [0.5, 0.6) is 0 Å². The molecule has 0 radical (unpaired) electrons. The molecular weight excluding hydrogens is 973 g/mol. The Labute approximate surface area is 491 Å². The van der Waals surface area contributed by atoms with Crippen LogP contribution in [0.2, 0.25) is 0 Å². The van der Waals surface area contributed by atoms with Crippen LogP contribution in [0.25, 0.3) is 0 Å². The molecule has 0 saturated carbocycles. The van der Waals surface area contributed by atoms with E-state index in [9.17, 15) is 14.4 Å². The summed E-state index contributed by atoms with van der Waals surface area (Å²) in [7, 11) is 0. The average Bonchev–Trinajstić information content (AvgIpc) is 3.45. The van der Waals surface area contributed by atoms with Crippen molar-refractivity contribution >= 4 is 17.9 Å². The number of hydrogen-bond donors (Lipinski definition) is 0. The van der Waals surface area contributed by atoms with Crippen LogP contribution in [0, 0.1) is 0 Å². The molecule has 0 aromatic heterocycles. The number of ether oxygens (including phenoxy) is 3. The van der Waals surface area contributed by atoms with Gasteiger partial charge in [0.25, 0.3) is 0 Å². The SMILES string of the molecule is CC/C=C\C/C=C\C/C=C\C/C=C\C/C=C\C/C=C\CCCCCCCCCCCCCCC(=O)OCC(COC(=O)CCCCCCCCCCCCCCC)OC(=O)CCCCCCCCCCCCCCCCCCC. The van der Waals surface area contributed by atoms with Gasteiger partial charge >= 0.3 is 17.9 Å². The molecule has 0 aromatic rings. The summed E-state index contributed by atoms with van der Waals surface area (Å²) >= 11 is 0. The van der Waals surface area contributed by atoms with Gasteiger partial charge in [-0.25, -0.2) is 0 Å². The molecule has 0 aliphatic carbocycles. The molecule has 0 rings (SSSR count). The fourth-order valence-corrected chi connectivity index (χ4v) is 10.1. The van der Waals surface area contributed by atoms with Gasteiger partial charge in [0.1, 0.15) is 13.2 Å². The van der Waals surface area contributed by atoms with Crippen LogP contribution in [-0.4, -0.2) is 37.2 Å². The van der Waals surface area contributed by atoms with Gasteiger partial charge in [-0.05, 0) is 70.6 Å². The minimum absolute atomic E-state index is 0.0690. The van der Waals surface area contributed by atoms with Gasteiger partial charge in [0.15, 0.2) is 6.10 Å². The van der Waals surface area contributed by atoms with Gasteiger partial charge in [0.2, 0.25) is 0 Å². The van der Waals surface area contributed by atoms with Gasteiger partial charge in [0, 0.05) is 19.3 Å². The van der Waals surface area contributed by atoms with Crippen LogP contribution >= 0.6 is 0 Å². The summed E-state index contributed by atoms with van der Waals surface area (Å²) in [6.45, 7) is 6.58. The Morgan fingerprint density at radius 2 is 0.494 bits per heavy atom. The van der Waals surface area contributed by atoms with Crippen LogP contribution in [0.1, 0.15) is 355 Å². The van der Waals surface area contributed by atoms with Crippen molar-refractivity contribution in [2.75, 3.05) is 13.2 Å². The number of rotatable bonds is 63. The van der Waals surface area contributed by atoms with Crippen LogP contribution in [0.4, 0.5) is 0 Å². The highest BCUT2D eigenvalue weighted by Crippen LogP contribution is 2.18. The molecule has 1 unspecified atom stereocenters. The maximum atomic E-state index is 12.9. The van der Waals surface area contributed by atoms with Gasteiger partial charge in [-0.3, -0.25) is 14.4 Å². The molecule has 0 N–H and O–H groups in total. The number of carbonyl (C=O) groups excluding carboxylic acids is 3. The van der Waals surface area contributed by atoms with Crippen molar-refractivity contribution in [2.45, 2.75) is 361 Å². The molecule has 0 aliphatic rings. The number of hydrogen-bond acceptors (Lipinski definition) is 6. The van der Waals surface area contributed by atoms with E-state index in [-0.39, 0.29) is 31.1 Å². The molecule has 1 atom stereocenters. The van der Waals surface area contributed by atoms with Gasteiger partial charge in [-0.2, -0.15) is 0 Å². The van der Waals surface area contributed by atoms with Crippen LogP contribution in [0.15, 0.2) is 72.9 Å². The lowest BCUT2D eigenvalue weighted by molar-refractivity contribution is -0.167. The van der Waals surface area contributed by atoms with E-state index in [1.807, 2.05) is 0 Å². The Kier molecular flexibility index (Phi) is 64.7. The lowest BCUT2D eigenvalue weighted by Gasteiger charge is -2.18. The number of unbranched alkanes of at least 4 members (excludes halogenated alkanes) is 40. The fourth-order valence-electron chi connectivity index (χ4n) is 10.1. The summed E-state index contributed by atoms with van der Waals surface area (Å²) in [5.41, 5.74) is 0. The third kappa shape index (κ3) is 65.5. The molecule has 0 bridgehead atoms. The zero-order chi connectivity index (χ0) is 57.1. The van der Waals surface area contributed by atoms with Crippen molar-refractivity contribution < 1.29 is 28.6 Å². The standard InChI is InChI=1S/C73H130O6/c1-4-7-10-13-16-19-22-25-27-29-30-31-32-33-34-35-36-37-38-39-40-41-42-44-45-48-51-54-57-60-63-66-72(75)78-69-70(68-77-71(74)65-62-59-56-53-50-47-24-21-18-15-12-9-6-3)79-73(76)67-64-61-58-55-52-49-46-43-28-26-23-20-17-14-11-8-5-2/h7,10,16,19,25,27,30-31,33-34,36-37,70H,4-6,8-9,11-15,17-18,20-24,26,28-29,32,35,38-69H2,1-3H3/b10-7-,19-16-,27-25-,31-30-,34-33-,37-36-. The quantitative estimate of drug-likeness (QED) is 0.0261. The topological polar surface area (TPSA) is 78.9 Å². The molecule has 458 valence electrons. The molecule has 0 saturated heterocycles. The van der Waals surface area contributed by atoms with Gasteiger partial charge in [-0.15, -0.1) is 0 Å². The molecule has 0 fully saturated rings. The van der Waals surface area contributed by atoms with E-state index >= 15 is 0 Å². The second-order valence-electron chi connectivity index (χ2n) is 23.1. The predicted molar refractivity (Wildman–Crippen MR) is 344 cm³/mol. The second-order valence-corrected chi connectivity index (χ2v) is 23.1. The monoisotopic (exact) mass is 1100 g/mol. The lowest BCUT2D eigenvalue weighted by atomic mass is 10.0. The first-order valence-corrected chi connectivity index (χ1v) is 34.4. The fraction of sp³-hybridized carbons (Fsp3) is 0.795. The highest BCUT2D eigenvalue weighted by Gasteiger charge is 2.19. The van der Waals surface area contributed by atoms with E-state index in [1.165, 1.54) is 218 Å². The molecule has 0 aliphatic heterocycles. The first kappa shape index (κ1) is 75.8. The van der Waals surface area contributed by atoms with E-state index in [0.717, 1.165) is 96.3 Å². The average molecular weight is 1100 g/mol. The van der Waals surface area contributed by atoms with E-state index < -0.39 is 6.10 Å². The number of allylic oxidation sites excluding steroid dienone is 12. The summed E-state index contributed by atoms with van der Waals surface area (Å²) in [6.07, 6.45) is 87.8. The van der Waals surface area contributed by atoms with E-state index in [4.69, 9.17) is 14.2 Å². The smallest absolute Gasteiger partial charge is 0.306 e. The molecule has 0 aromatic carbocycles. The molecular formula is C73H130O6. The Balaban J connectivity index is 4.21. The molecule has 6 nitrogen and oxygen atoms in total. The lowest BCUT2D eigenvalue weighted by Crippen LogP contribution is -2.30. The van der Waals surface area contributed by atoms with Crippen molar-refractivity contribution in [1.29, 1.82) is 0 Å². The Hall–Kier alpha value is -3.15. The zero-order valence-electron chi connectivity index (χ0n) is 52.6. The molecule has 0 spiro atoms. The maximum absolute atomic E-state index is 12.9. The normalized spacial score (nSPS) is 12.5. The van der Waals surface area contributed by atoms with Crippen LogP contribution in [-0.2, 0) is 28.6 Å². The Morgan fingerprint density at radius 1 is 0.266 bits per heavy atom. The molecule has 0 heterocycles. The first-order chi connectivity index (χ1) is 39.0. The van der Waals surface area contributed by atoms with E-state index in [1.54, 1.807) is 0 Å². The summed E-state index contributed by atoms with van der Waals surface area (Å²) in [5, 5.41) is 0. The zero-order valence-corrected chi connectivity index (χ0v) is 52.6. The minimum Gasteiger partial charge on any atom is -0.462 e. The summed E-state index contributed by atoms with van der Waals surface area (Å²) in [5.74, 6) is -0.848. The summed E-state index contributed by atoms with van der Waals surface area (Å²) < 4.78 is 17.0. The summed E-state index contributed by atoms with van der Waals surface area (Å²) in [4.78, 5) is 38.4. The Morgan fingerprint density at radius 3 is 0.772 bits per heavy atom. The second kappa shape index (κ2) is 67.4. The van der Waals surface area contributed by atoms with Crippen LogP contribution < -0.4 is 0 Å². The van der Waals surface area contributed by atoms with Crippen molar-refractivity contribution in [3.63, 3.8) is 0 Å². The van der Waals surface area contributed by atoms with Crippen molar-refractivity contribution in [3.8, 4) is 0 Å². The molecule has 6 heteroatoms. The largest absolute Gasteiger partial charge is 0.462 e.